The second-order valence-electron chi connectivity index (χ2n) is 5.80. The SMILES string of the molecule is CNS(=O)(=O)c1ccc(Nc2cccc(C(F)(F)F)c2)c(-c2nn[nH][n+]2C)c1. The van der Waals surface area contributed by atoms with Crippen LogP contribution in [-0.4, -0.2) is 31.0 Å². The van der Waals surface area contributed by atoms with E-state index < -0.39 is 21.8 Å². The minimum atomic E-state index is -4.48. The number of sulfonamides is 1. The van der Waals surface area contributed by atoms with Crippen LogP contribution < -0.4 is 14.7 Å². The summed E-state index contributed by atoms with van der Waals surface area (Å²) >= 11 is 0. The van der Waals surface area contributed by atoms with E-state index in [1.807, 2.05) is 0 Å². The van der Waals surface area contributed by atoms with E-state index in [2.05, 4.69) is 25.6 Å². The van der Waals surface area contributed by atoms with Gasteiger partial charge in [0.15, 0.2) is 5.21 Å². The highest BCUT2D eigenvalue weighted by Crippen LogP contribution is 2.33. The van der Waals surface area contributed by atoms with Crippen molar-refractivity contribution < 1.29 is 26.3 Å². The van der Waals surface area contributed by atoms with Gasteiger partial charge < -0.3 is 5.32 Å². The molecule has 1 aromatic heterocycles. The third-order valence-electron chi connectivity index (χ3n) is 3.94. The van der Waals surface area contributed by atoms with Gasteiger partial charge >= 0.3 is 12.0 Å². The number of hydrogen-bond donors (Lipinski definition) is 3. The lowest BCUT2D eigenvalue weighted by atomic mass is 10.1. The summed E-state index contributed by atoms with van der Waals surface area (Å²) in [7, 11) is -0.843. The smallest absolute Gasteiger partial charge is 0.355 e. The number of halogens is 3. The molecule has 0 radical (unpaired) electrons. The zero-order valence-corrected chi connectivity index (χ0v) is 15.6. The summed E-state index contributed by atoms with van der Waals surface area (Å²) in [6.45, 7) is 0. The van der Waals surface area contributed by atoms with Gasteiger partial charge in [-0.15, -0.1) is 0 Å². The Morgan fingerprint density at radius 3 is 2.50 bits per heavy atom. The van der Waals surface area contributed by atoms with Gasteiger partial charge in [-0.25, -0.2) is 13.1 Å². The minimum Gasteiger partial charge on any atom is -0.355 e. The van der Waals surface area contributed by atoms with Gasteiger partial charge in [0.1, 0.15) is 5.10 Å². The van der Waals surface area contributed by atoms with Crippen molar-refractivity contribution >= 4 is 21.4 Å². The standard InChI is InChI=1S/C16H15F3N6O2S/c1-20-28(26,27)12-6-7-14(13(9-12)15-22-23-24-25(15)2)21-11-5-3-4-10(8-11)16(17,18)19/h3-9,20H,1-2H3,(H,21,22,24)/p+1. The average Bonchev–Trinajstić information content (AvgIpc) is 3.07. The lowest BCUT2D eigenvalue weighted by molar-refractivity contribution is -0.721. The van der Waals surface area contributed by atoms with Crippen molar-refractivity contribution in [2.45, 2.75) is 11.1 Å². The second kappa shape index (κ2) is 7.20. The summed E-state index contributed by atoms with van der Waals surface area (Å²) in [5, 5.41) is 13.0. The molecular weight excluding hydrogens is 397 g/mol. The number of aryl methyl sites for hydroxylation is 1. The molecule has 0 unspecified atom stereocenters. The molecule has 148 valence electrons. The molecule has 1 heterocycles. The number of aromatic nitrogens is 4. The molecule has 3 N–H and O–H groups in total. The quantitative estimate of drug-likeness (QED) is 0.555. The van der Waals surface area contributed by atoms with Gasteiger partial charge in [0.05, 0.1) is 28.8 Å². The van der Waals surface area contributed by atoms with Crippen molar-refractivity contribution in [3.8, 4) is 11.4 Å². The maximum absolute atomic E-state index is 13.0. The number of rotatable bonds is 5. The summed E-state index contributed by atoms with van der Waals surface area (Å²) in [4.78, 5) is -0.0254. The Morgan fingerprint density at radius 1 is 1.14 bits per heavy atom. The van der Waals surface area contributed by atoms with Crippen LogP contribution in [0.3, 0.4) is 0 Å². The van der Waals surface area contributed by atoms with E-state index in [1.165, 1.54) is 42.1 Å². The van der Waals surface area contributed by atoms with Gasteiger partial charge in [-0.1, -0.05) is 11.3 Å². The number of nitrogens with zero attached hydrogens (tertiary/aromatic N) is 3. The van der Waals surface area contributed by atoms with Gasteiger partial charge in [0, 0.05) is 5.69 Å². The topological polar surface area (TPSA) is 104 Å². The highest BCUT2D eigenvalue weighted by Gasteiger charge is 2.30. The van der Waals surface area contributed by atoms with E-state index in [4.69, 9.17) is 0 Å². The Morgan fingerprint density at radius 2 is 1.89 bits per heavy atom. The van der Waals surface area contributed by atoms with Crippen LogP contribution in [0, 0.1) is 0 Å². The molecule has 0 fully saturated rings. The summed E-state index contributed by atoms with van der Waals surface area (Å²) < 4.78 is 66.8. The van der Waals surface area contributed by atoms with Crippen LogP contribution in [0.2, 0.25) is 0 Å². The highest BCUT2D eigenvalue weighted by molar-refractivity contribution is 7.89. The summed E-state index contributed by atoms with van der Waals surface area (Å²) in [6.07, 6.45) is -4.48. The minimum absolute atomic E-state index is 0.0254. The molecule has 0 aliphatic rings. The largest absolute Gasteiger partial charge is 0.416 e. The Balaban J connectivity index is 2.10. The lowest BCUT2D eigenvalue weighted by Crippen LogP contribution is -2.32. The van der Waals surface area contributed by atoms with Crippen LogP contribution >= 0.6 is 0 Å². The fraction of sp³-hybridized carbons (Fsp3) is 0.188. The molecule has 0 spiro atoms. The molecule has 0 bridgehead atoms. The number of hydrogen-bond acceptors (Lipinski definition) is 5. The van der Waals surface area contributed by atoms with E-state index in [1.54, 1.807) is 7.05 Å². The number of nitrogens with one attached hydrogen (secondary N) is 3. The van der Waals surface area contributed by atoms with Crippen molar-refractivity contribution in [2.75, 3.05) is 12.4 Å². The van der Waals surface area contributed by atoms with Crippen LogP contribution in [0.1, 0.15) is 5.56 Å². The van der Waals surface area contributed by atoms with Gasteiger partial charge in [-0.2, -0.15) is 17.9 Å². The van der Waals surface area contributed by atoms with Crippen LogP contribution in [0.4, 0.5) is 24.5 Å². The first-order valence-electron chi connectivity index (χ1n) is 7.91. The second-order valence-corrected chi connectivity index (χ2v) is 7.69. The molecule has 8 nitrogen and oxygen atoms in total. The van der Waals surface area contributed by atoms with Crippen LogP contribution in [-0.2, 0) is 23.2 Å². The monoisotopic (exact) mass is 413 g/mol. The molecule has 2 aromatic carbocycles. The zero-order chi connectivity index (χ0) is 20.5. The Kier molecular flexibility index (Phi) is 5.08. The van der Waals surface area contributed by atoms with Crippen LogP contribution in [0.5, 0.6) is 0 Å². The van der Waals surface area contributed by atoms with Crippen molar-refractivity contribution in [1.82, 2.24) is 20.2 Å². The maximum atomic E-state index is 13.0. The van der Waals surface area contributed by atoms with Crippen molar-refractivity contribution in [2.24, 2.45) is 7.05 Å². The van der Waals surface area contributed by atoms with E-state index in [-0.39, 0.29) is 10.6 Å². The molecule has 0 atom stereocenters. The maximum Gasteiger partial charge on any atom is 0.416 e. The Labute approximate surface area is 158 Å². The summed E-state index contributed by atoms with van der Waals surface area (Å²) in [5.74, 6) is 0.294. The first-order chi connectivity index (χ1) is 13.1. The normalized spacial score (nSPS) is 12.2. The van der Waals surface area contributed by atoms with Crippen molar-refractivity contribution in [1.29, 1.82) is 0 Å². The number of benzene rings is 2. The first kappa shape index (κ1) is 19.8. The molecule has 0 aliphatic carbocycles. The summed E-state index contributed by atoms with van der Waals surface area (Å²) in [6, 6.07) is 8.83. The number of H-pyrrole nitrogens is 1. The van der Waals surface area contributed by atoms with E-state index in [9.17, 15) is 21.6 Å². The Hall–Kier alpha value is -2.99. The van der Waals surface area contributed by atoms with E-state index >= 15 is 0 Å². The third-order valence-corrected chi connectivity index (χ3v) is 5.35. The molecule has 12 heteroatoms. The highest BCUT2D eigenvalue weighted by atomic mass is 32.2. The van der Waals surface area contributed by atoms with Crippen molar-refractivity contribution in [3.63, 3.8) is 0 Å². The molecule has 0 saturated carbocycles. The van der Waals surface area contributed by atoms with Gasteiger partial charge in [-0.3, -0.25) is 0 Å². The molecule has 28 heavy (non-hydrogen) atoms. The zero-order valence-electron chi connectivity index (χ0n) is 14.7. The fourth-order valence-corrected chi connectivity index (χ4v) is 3.27. The fourth-order valence-electron chi connectivity index (χ4n) is 2.52. The average molecular weight is 413 g/mol. The molecule has 3 rings (SSSR count). The Bertz CT molecular complexity index is 1110. The molecular formula is C16H16F3N6O2S+. The first-order valence-corrected chi connectivity index (χ1v) is 9.39. The number of aromatic amines is 1. The van der Waals surface area contributed by atoms with Gasteiger partial charge in [0.2, 0.25) is 10.0 Å². The van der Waals surface area contributed by atoms with Crippen LogP contribution in [0.15, 0.2) is 47.4 Å². The van der Waals surface area contributed by atoms with E-state index in [0.29, 0.717) is 17.1 Å². The molecule has 0 amide bonds. The van der Waals surface area contributed by atoms with Crippen LogP contribution in [0.25, 0.3) is 11.4 Å². The lowest BCUT2D eigenvalue weighted by Gasteiger charge is -2.13. The predicted octanol–water partition coefficient (Wildman–Crippen LogP) is 1.97. The van der Waals surface area contributed by atoms with Crippen molar-refractivity contribution in [3.05, 3.63) is 48.0 Å². The van der Waals surface area contributed by atoms with Gasteiger partial charge in [0.25, 0.3) is 0 Å². The summed E-state index contributed by atoms with van der Waals surface area (Å²) in [5.41, 5.74) is 0.0794. The molecule has 0 saturated heterocycles. The number of anilines is 2. The molecule has 0 aliphatic heterocycles. The molecule has 3 aromatic rings. The van der Waals surface area contributed by atoms with E-state index in [0.717, 1.165) is 12.1 Å². The number of alkyl halides is 3. The number of tetrazole rings is 1. The third kappa shape index (κ3) is 3.97. The predicted molar refractivity (Wildman–Crippen MR) is 94.0 cm³/mol. The van der Waals surface area contributed by atoms with Gasteiger partial charge in [-0.05, 0) is 43.4 Å².